The van der Waals surface area contributed by atoms with Gasteiger partial charge in [0.1, 0.15) is 11.4 Å². The number of nitrogens with zero attached hydrogens (tertiary/aromatic N) is 2. The third-order valence-electron chi connectivity index (χ3n) is 6.17. The second kappa shape index (κ2) is 11.1. The van der Waals surface area contributed by atoms with Gasteiger partial charge in [0.25, 0.3) is 5.56 Å². The molecule has 0 fully saturated rings. The van der Waals surface area contributed by atoms with E-state index in [1.807, 2.05) is 48.5 Å². The molecule has 0 unspecified atom stereocenters. The minimum atomic E-state index is -0.711. The Kier molecular flexibility index (Phi) is 7.70. The molecule has 0 aliphatic rings. The molecule has 0 saturated heterocycles. The number of hydrogen-bond donors (Lipinski definition) is 2. The summed E-state index contributed by atoms with van der Waals surface area (Å²) in [7, 11) is 1.57. The number of fused-ring (bicyclic) bond motifs is 1. The molecule has 2 aromatic carbocycles. The lowest BCUT2D eigenvalue weighted by Gasteiger charge is -2.24. The molecular weight excluding hydrogens is 460 g/mol. The van der Waals surface area contributed by atoms with E-state index in [-0.39, 0.29) is 36.9 Å². The van der Waals surface area contributed by atoms with Gasteiger partial charge in [0, 0.05) is 31.2 Å². The van der Waals surface area contributed by atoms with Gasteiger partial charge in [-0.05, 0) is 30.0 Å². The van der Waals surface area contributed by atoms with Gasteiger partial charge in [0.2, 0.25) is 5.91 Å². The molecule has 0 aliphatic heterocycles. The minimum Gasteiger partial charge on any atom is -0.464 e. The van der Waals surface area contributed by atoms with Gasteiger partial charge in [0.15, 0.2) is 5.69 Å². The summed E-state index contributed by atoms with van der Waals surface area (Å²) in [6.45, 7) is 2.80. The topological polar surface area (TPSA) is 124 Å². The highest BCUT2D eigenvalue weighted by Gasteiger charge is 2.25. The van der Waals surface area contributed by atoms with Gasteiger partial charge >= 0.3 is 5.69 Å². The number of H-pyrrole nitrogens is 1. The predicted molar refractivity (Wildman–Crippen MR) is 139 cm³/mol. The van der Waals surface area contributed by atoms with Crippen LogP contribution in [0.2, 0.25) is 0 Å². The zero-order valence-corrected chi connectivity index (χ0v) is 20.5. The van der Waals surface area contributed by atoms with Crippen LogP contribution < -0.4 is 21.9 Å². The number of aryl methyl sites for hydroxylation is 1. The number of nitrogen functional groups attached to an aromatic ring is 1. The second-order valence-electron chi connectivity index (χ2n) is 8.58. The Bertz CT molecular complexity index is 1470. The number of nitrogens with two attached hydrogens (primary N) is 1. The molecule has 0 aliphatic carbocycles. The highest BCUT2D eigenvalue weighted by molar-refractivity contribution is 5.98. The molecule has 188 valence electrons. The highest BCUT2D eigenvalue weighted by Crippen LogP contribution is 2.25. The fourth-order valence-electron chi connectivity index (χ4n) is 4.23. The van der Waals surface area contributed by atoms with Crippen molar-refractivity contribution in [3.05, 3.63) is 92.3 Å². The fourth-order valence-corrected chi connectivity index (χ4v) is 4.23. The van der Waals surface area contributed by atoms with Crippen LogP contribution in [0.3, 0.4) is 0 Å². The standard InChI is InChI=1S/C27H30N4O5/c1-3-18-10-11-21-20(17-36-22(21)14-18)15-23(32)30(12-7-13-35-2)24-25(28)31(27(34)29-26(24)33)16-19-8-5-4-6-9-19/h4-6,8-11,14,17H,3,7,12-13,15-16,28H2,1-2H3,(H,29,33,34). The van der Waals surface area contributed by atoms with Crippen LogP contribution in [0.1, 0.15) is 30.0 Å². The van der Waals surface area contributed by atoms with Gasteiger partial charge in [-0.1, -0.05) is 49.4 Å². The van der Waals surface area contributed by atoms with E-state index in [1.54, 1.807) is 13.4 Å². The summed E-state index contributed by atoms with van der Waals surface area (Å²) in [6, 6.07) is 15.2. The van der Waals surface area contributed by atoms with E-state index in [0.29, 0.717) is 24.2 Å². The van der Waals surface area contributed by atoms with E-state index >= 15 is 0 Å². The molecule has 36 heavy (non-hydrogen) atoms. The quantitative estimate of drug-likeness (QED) is 0.329. The fraction of sp³-hybridized carbons (Fsp3) is 0.296. The Morgan fingerprint density at radius 1 is 1.14 bits per heavy atom. The van der Waals surface area contributed by atoms with Crippen molar-refractivity contribution in [1.29, 1.82) is 0 Å². The molecular formula is C27H30N4O5. The Labute approximate surface area is 208 Å². The van der Waals surface area contributed by atoms with Crippen LogP contribution in [-0.2, 0) is 28.9 Å². The summed E-state index contributed by atoms with van der Waals surface area (Å²) in [5.41, 5.74) is 8.36. The lowest BCUT2D eigenvalue weighted by molar-refractivity contribution is -0.118. The summed E-state index contributed by atoms with van der Waals surface area (Å²) < 4.78 is 12.1. The van der Waals surface area contributed by atoms with Crippen LogP contribution in [0.25, 0.3) is 11.0 Å². The first-order valence-electron chi connectivity index (χ1n) is 11.9. The minimum absolute atomic E-state index is 0.00213. The van der Waals surface area contributed by atoms with Crippen LogP contribution in [0, 0.1) is 0 Å². The summed E-state index contributed by atoms with van der Waals surface area (Å²) in [4.78, 5) is 42.8. The Balaban J connectivity index is 1.71. The van der Waals surface area contributed by atoms with Gasteiger partial charge in [-0.15, -0.1) is 0 Å². The number of furan rings is 1. The van der Waals surface area contributed by atoms with Crippen molar-refractivity contribution < 1.29 is 13.9 Å². The summed E-state index contributed by atoms with van der Waals surface area (Å²) in [6.07, 6.45) is 2.92. The molecule has 2 heterocycles. The number of benzene rings is 2. The molecule has 2 aromatic heterocycles. The molecule has 9 heteroatoms. The van der Waals surface area contributed by atoms with Gasteiger partial charge in [0.05, 0.1) is 19.2 Å². The van der Waals surface area contributed by atoms with Crippen LogP contribution >= 0.6 is 0 Å². The Hall–Kier alpha value is -4.11. The molecule has 0 bridgehead atoms. The summed E-state index contributed by atoms with van der Waals surface area (Å²) in [5.74, 6) is -0.404. The smallest absolute Gasteiger partial charge is 0.330 e. The van der Waals surface area contributed by atoms with Crippen molar-refractivity contribution in [3.8, 4) is 0 Å². The largest absolute Gasteiger partial charge is 0.464 e. The van der Waals surface area contributed by atoms with E-state index in [4.69, 9.17) is 14.9 Å². The zero-order valence-electron chi connectivity index (χ0n) is 20.5. The number of nitrogens with one attached hydrogen (secondary N) is 1. The van der Waals surface area contributed by atoms with E-state index in [9.17, 15) is 14.4 Å². The van der Waals surface area contributed by atoms with Gasteiger partial charge in [-0.2, -0.15) is 0 Å². The maximum Gasteiger partial charge on any atom is 0.330 e. The molecule has 4 rings (SSSR count). The third kappa shape index (κ3) is 5.26. The van der Waals surface area contributed by atoms with Crippen LogP contribution in [0.5, 0.6) is 0 Å². The number of rotatable bonds is 10. The number of carbonyl (C=O) groups is 1. The van der Waals surface area contributed by atoms with Crippen molar-refractivity contribution in [3.63, 3.8) is 0 Å². The molecule has 0 radical (unpaired) electrons. The predicted octanol–water partition coefficient (Wildman–Crippen LogP) is 3.09. The maximum absolute atomic E-state index is 13.6. The molecule has 9 nitrogen and oxygen atoms in total. The number of ether oxygens (including phenoxy) is 1. The summed E-state index contributed by atoms with van der Waals surface area (Å²) in [5, 5.41) is 0.841. The number of hydrogen-bond acceptors (Lipinski definition) is 6. The van der Waals surface area contributed by atoms with E-state index in [2.05, 4.69) is 11.9 Å². The van der Waals surface area contributed by atoms with Crippen molar-refractivity contribution in [2.24, 2.45) is 0 Å². The summed E-state index contributed by atoms with van der Waals surface area (Å²) >= 11 is 0. The average molecular weight is 491 g/mol. The van der Waals surface area contributed by atoms with Gasteiger partial charge in [-0.3, -0.25) is 19.1 Å². The lowest BCUT2D eigenvalue weighted by Crippen LogP contribution is -2.42. The SMILES string of the molecule is CCc1ccc2c(CC(=O)N(CCCOC)c3c(N)n(Cc4ccccc4)c(=O)[nH]c3=O)coc2c1. The molecule has 0 atom stereocenters. The first kappa shape index (κ1) is 25.0. The van der Waals surface area contributed by atoms with E-state index in [0.717, 1.165) is 22.9 Å². The lowest BCUT2D eigenvalue weighted by atomic mass is 10.1. The molecule has 0 spiro atoms. The molecule has 1 amide bonds. The monoisotopic (exact) mass is 490 g/mol. The number of aromatic amines is 1. The number of aromatic nitrogens is 2. The van der Waals surface area contributed by atoms with Crippen molar-refractivity contribution in [2.75, 3.05) is 30.9 Å². The van der Waals surface area contributed by atoms with E-state index in [1.165, 1.54) is 9.47 Å². The maximum atomic E-state index is 13.6. The zero-order chi connectivity index (χ0) is 25.7. The van der Waals surface area contributed by atoms with Crippen LogP contribution in [0.15, 0.2) is 68.8 Å². The van der Waals surface area contributed by atoms with Crippen LogP contribution in [0.4, 0.5) is 11.5 Å². The third-order valence-corrected chi connectivity index (χ3v) is 6.17. The highest BCUT2D eigenvalue weighted by atomic mass is 16.5. The van der Waals surface area contributed by atoms with E-state index < -0.39 is 11.2 Å². The first-order chi connectivity index (χ1) is 17.4. The Morgan fingerprint density at radius 2 is 1.92 bits per heavy atom. The first-order valence-corrected chi connectivity index (χ1v) is 11.9. The number of amides is 1. The van der Waals surface area contributed by atoms with Crippen molar-refractivity contribution >= 4 is 28.4 Å². The molecule has 0 saturated carbocycles. The molecule has 4 aromatic rings. The second-order valence-corrected chi connectivity index (χ2v) is 8.58. The number of methoxy groups -OCH3 is 1. The molecule has 3 N–H and O–H groups in total. The van der Waals surface area contributed by atoms with Crippen molar-refractivity contribution in [2.45, 2.75) is 32.7 Å². The van der Waals surface area contributed by atoms with Gasteiger partial charge in [-0.25, -0.2) is 4.79 Å². The normalized spacial score (nSPS) is 11.2. The Morgan fingerprint density at radius 3 is 2.64 bits per heavy atom. The average Bonchev–Trinajstić information content (AvgIpc) is 3.27. The number of carbonyl (C=O) groups excluding carboxylic acids is 1. The van der Waals surface area contributed by atoms with Crippen LogP contribution in [-0.4, -0.2) is 35.7 Å². The number of anilines is 2. The van der Waals surface area contributed by atoms with Gasteiger partial charge < -0.3 is 19.8 Å². The van der Waals surface area contributed by atoms with Crippen molar-refractivity contribution in [1.82, 2.24) is 9.55 Å².